The van der Waals surface area contributed by atoms with Gasteiger partial charge < -0.3 is 11.1 Å². The van der Waals surface area contributed by atoms with Crippen molar-refractivity contribution < 1.29 is 0 Å². The van der Waals surface area contributed by atoms with Gasteiger partial charge in [0.15, 0.2) is 0 Å². The number of halogens is 1. The molecule has 0 radical (unpaired) electrons. The van der Waals surface area contributed by atoms with Crippen LogP contribution in [0.25, 0.3) is 0 Å². The zero-order valence-corrected chi connectivity index (χ0v) is 8.80. The fourth-order valence-corrected chi connectivity index (χ4v) is 1.18. The largest absolute Gasteiger partial charge is 0.401 e. The number of hydrogen-bond donors (Lipinski definition) is 2. The van der Waals surface area contributed by atoms with Gasteiger partial charge in [-0.3, -0.25) is 0 Å². The molecule has 0 unspecified atom stereocenters. The molecule has 1 aromatic carbocycles. The fourth-order valence-electron chi connectivity index (χ4n) is 1.07. The van der Waals surface area contributed by atoms with Gasteiger partial charge in [-0.05, 0) is 5.56 Å². The SMILES string of the molecule is N/C(=C\CNCc1ccccc1)CCl. The van der Waals surface area contributed by atoms with Gasteiger partial charge in [-0.1, -0.05) is 36.4 Å². The van der Waals surface area contributed by atoms with Crippen LogP contribution in [0, 0.1) is 0 Å². The molecule has 14 heavy (non-hydrogen) atoms. The van der Waals surface area contributed by atoms with Crippen molar-refractivity contribution in [1.29, 1.82) is 0 Å². The van der Waals surface area contributed by atoms with Gasteiger partial charge in [0.05, 0.1) is 5.88 Å². The van der Waals surface area contributed by atoms with E-state index in [4.69, 9.17) is 17.3 Å². The molecule has 0 fully saturated rings. The second kappa shape index (κ2) is 6.46. The zero-order chi connectivity index (χ0) is 10.2. The quantitative estimate of drug-likeness (QED) is 0.575. The molecule has 0 bridgehead atoms. The predicted molar refractivity (Wildman–Crippen MR) is 61.1 cm³/mol. The number of hydrogen-bond acceptors (Lipinski definition) is 2. The molecule has 0 spiro atoms. The van der Waals surface area contributed by atoms with Gasteiger partial charge >= 0.3 is 0 Å². The predicted octanol–water partition coefficient (Wildman–Crippen LogP) is 1.86. The number of rotatable bonds is 5. The number of nitrogens with one attached hydrogen (secondary N) is 1. The van der Waals surface area contributed by atoms with Crippen LogP contribution in [0.15, 0.2) is 42.1 Å². The smallest absolute Gasteiger partial charge is 0.0617 e. The van der Waals surface area contributed by atoms with E-state index < -0.39 is 0 Å². The maximum absolute atomic E-state index is 5.54. The lowest BCUT2D eigenvalue weighted by Gasteiger charge is -2.01. The molecule has 1 aromatic rings. The third kappa shape index (κ3) is 4.30. The molecular weight excluding hydrogens is 196 g/mol. The molecule has 0 aliphatic rings. The highest BCUT2D eigenvalue weighted by Crippen LogP contribution is 1.96. The standard InChI is InChI=1S/C11H15ClN2/c12-8-11(13)6-7-14-9-10-4-2-1-3-5-10/h1-6,14H,7-9,13H2/b11-6-. The van der Waals surface area contributed by atoms with Crippen LogP contribution in [0.3, 0.4) is 0 Å². The second-order valence-corrected chi connectivity index (χ2v) is 3.30. The molecule has 0 saturated heterocycles. The molecule has 0 saturated carbocycles. The molecule has 0 amide bonds. The van der Waals surface area contributed by atoms with Gasteiger partial charge in [0.2, 0.25) is 0 Å². The molecule has 0 aromatic heterocycles. The van der Waals surface area contributed by atoms with Crippen LogP contribution in [-0.2, 0) is 6.54 Å². The van der Waals surface area contributed by atoms with E-state index in [9.17, 15) is 0 Å². The van der Waals surface area contributed by atoms with Crippen LogP contribution >= 0.6 is 11.6 Å². The van der Waals surface area contributed by atoms with E-state index in [0.29, 0.717) is 11.6 Å². The monoisotopic (exact) mass is 210 g/mol. The molecule has 0 atom stereocenters. The van der Waals surface area contributed by atoms with Gasteiger partial charge in [-0.25, -0.2) is 0 Å². The van der Waals surface area contributed by atoms with Gasteiger partial charge in [0.25, 0.3) is 0 Å². The summed E-state index contributed by atoms with van der Waals surface area (Å²) in [6.07, 6.45) is 1.90. The van der Waals surface area contributed by atoms with Gasteiger partial charge in [0.1, 0.15) is 0 Å². The molecule has 76 valence electrons. The highest BCUT2D eigenvalue weighted by molar-refractivity contribution is 6.19. The minimum Gasteiger partial charge on any atom is -0.401 e. The average Bonchev–Trinajstić information content (AvgIpc) is 2.25. The molecule has 1 rings (SSSR count). The van der Waals surface area contributed by atoms with E-state index in [-0.39, 0.29) is 0 Å². The van der Waals surface area contributed by atoms with Crippen LogP contribution in [-0.4, -0.2) is 12.4 Å². The van der Waals surface area contributed by atoms with Crippen LogP contribution in [0.5, 0.6) is 0 Å². The Balaban J connectivity index is 2.23. The summed E-state index contributed by atoms with van der Waals surface area (Å²) in [5.74, 6) is 0.396. The molecule has 3 heteroatoms. The van der Waals surface area contributed by atoms with Crippen LogP contribution in [0.2, 0.25) is 0 Å². The Kier molecular flexibility index (Phi) is 5.12. The third-order valence-electron chi connectivity index (χ3n) is 1.83. The summed E-state index contributed by atoms with van der Waals surface area (Å²) in [6, 6.07) is 10.2. The van der Waals surface area contributed by atoms with Gasteiger partial charge in [-0.2, -0.15) is 0 Å². The summed E-state index contributed by atoms with van der Waals surface area (Å²) in [7, 11) is 0. The fraction of sp³-hybridized carbons (Fsp3) is 0.273. The van der Waals surface area contributed by atoms with Crippen molar-refractivity contribution in [3.05, 3.63) is 47.7 Å². The number of benzene rings is 1. The average molecular weight is 211 g/mol. The summed E-state index contributed by atoms with van der Waals surface area (Å²) >= 11 is 5.53. The molecule has 2 nitrogen and oxygen atoms in total. The molecule has 0 aliphatic heterocycles. The summed E-state index contributed by atoms with van der Waals surface area (Å²) in [5, 5.41) is 3.25. The summed E-state index contributed by atoms with van der Waals surface area (Å²) in [6.45, 7) is 1.61. The Morgan fingerprint density at radius 3 is 2.71 bits per heavy atom. The van der Waals surface area contributed by atoms with E-state index in [2.05, 4.69) is 17.4 Å². The lowest BCUT2D eigenvalue weighted by atomic mass is 10.2. The maximum atomic E-state index is 5.54. The van der Waals surface area contributed by atoms with Crippen LogP contribution in [0.1, 0.15) is 5.56 Å². The Bertz CT molecular complexity index is 283. The Morgan fingerprint density at radius 2 is 2.07 bits per heavy atom. The summed E-state index contributed by atoms with van der Waals surface area (Å²) in [4.78, 5) is 0. The lowest BCUT2D eigenvalue weighted by molar-refractivity contribution is 0.756. The summed E-state index contributed by atoms with van der Waals surface area (Å²) in [5.41, 5.74) is 7.53. The Labute approximate surface area is 89.8 Å². The van der Waals surface area contributed by atoms with E-state index >= 15 is 0 Å². The first-order valence-corrected chi connectivity index (χ1v) is 5.11. The molecule has 3 N–H and O–H groups in total. The number of allylic oxidation sites excluding steroid dienone is 1. The molecular formula is C11H15ClN2. The van der Waals surface area contributed by atoms with E-state index in [1.807, 2.05) is 24.3 Å². The first-order chi connectivity index (χ1) is 6.83. The van der Waals surface area contributed by atoms with Crippen molar-refractivity contribution in [2.24, 2.45) is 5.73 Å². The van der Waals surface area contributed by atoms with Gasteiger partial charge in [0, 0.05) is 18.8 Å². The minimum absolute atomic E-state index is 0.396. The number of alkyl halides is 1. The van der Waals surface area contributed by atoms with Crippen LogP contribution < -0.4 is 11.1 Å². The highest BCUT2D eigenvalue weighted by Gasteiger charge is 1.89. The Morgan fingerprint density at radius 1 is 1.36 bits per heavy atom. The first-order valence-electron chi connectivity index (χ1n) is 4.58. The normalized spacial score (nSPS) is 11.6. The lowest BCUT2D eigenvalue weighted by Crippen LogP contribution is -2.14. The van der Waals surface area contributed by atoms with E-state index in [1.165, 1.54) is 5.56 Å². The van der Waals surface area contributed by atoms with Crippen molar-refractivity contribution in [3.8, 4) is 0 Å². The second-order valence-electron chi connectivity index (χ2n) is 3.03. The summed E-state index contributed by atoms with van der Waals surface area (Å²) < 4.78 is 0. The van der Waals surface area contributed by atoms with Crippen molar-refractivity contribution in [2.75, 3.05) is 12.4 Å². The topological polar surface area (TPSA) is 38.0 Å². The molecule has 0 aliphatic carbocycles. The van der Waals surface area contributed by atoms with E-state index in [1.54, 1.807) is 0 Å². The van der Waals surface area contributed by atoms with Crippen molar-refractivity contribution >= 4 is 11.6 Å². The Hall–Kier alpha value is -0.990. The molecule has 0 heterocycles. The number of nitrogens with two attached hydrogens (primary N) is 1. The van der Waals surface area contributed by atoms with Crippen molar-refractivity contribution in [1.82, 2.24) is 5.32 Å². The maximum Gasteiger partial charge on any atom is 0.0617 e. The third-order valence-corrected chi connectivity index (χ3v) is 2.14. The van der Waals surface area contributed by atoms with Crippen molar-refractivity contribution in [3.63, 3.8) is 0 Å². The highest BCUT2D eigenvalue weighted by atomic mass is 35.5. The zero-order valence-electron chi connectivity index (χ0n) is 8.04. The first kappa shape index (κ1) is 11.1. The minimum atomic E-state index is 0.396. The van der Waals surface area contributed by atoms with E-state index in [0.717, 1.165) is 13.1 Å². The van der Waals surface area contributed by atoms with Gasteiger partial charge in [-0.15, -0.1) is 11.6 Å². The van der Waals surface area contributed by atoms with Crippen LogP contribution in [0.4, 0.5) is 0 Å². The van der Waals surface area contributed by atoms with Crippen molar-refractivity contribution in [2.45, 2.75) is 6.54 Å².